The molecule has 2 unspecified atom stereocenters. The average Bonchev–Trinajstić information content (AvgIpc) is 3.25. The van der Waals surface area contributed by atoms with E-state index in [1.807, 2.05) is 30.1 Å². The first-order valence-corrected chi connectivity index (χ1v) is 9.41. The van der Waals surface area contributed by atoms with E-state index in [0.29, 0.717) is 11.7 Å². The van der Waals surface area contributed by atoms with Crippen LogP contribution in [0.2, 0.25) is 0 Å². The monoisotopic (exact) mass is 419 g/mol. The van der Waals surface area contributed by atoms with Gasteiger partial charge < -0.3 is 10.6 Å². The summed E-state index contributed by atoms with van der Waals surface area (Å²) in [6, 6.07) is 2.13. The number of halogens is 2. The highest BCUT2D eigenvalue weighted by Gasteiger charge is 2.31. The number of aryl methyl sites for hydroxylation is 1. The van der Waals surface area contributed by atoms with Crippen LogP contribution in [0.3, 0.4) is 0 Å². The predicted octanol–water partition coefficient (Wildman–Crippen LogP) is 3.47. The van der Waals surface area contributed by atoms with Gasteiger partial charge >= 0.3 is 0 Å². The van der Waals surface area contributed by atoms with Crippen LogP contribution in [0.15, 0.2) is 17.6 Å². The van der Waals surface area contributed by atoms with E-state index in [1.54, 1.807) is 17.4 Å². The summed E-state index contributed by atoms with van der Waals surface area (Å²) in [4.78, 5) is 17.2. The first kappa shape index (κ1) is 22.9. The highest BCUT2D eigenvalue weighted by atomic mass is 35.5. The third-order valence-corrected chi connectivity index (χ3v) is 5.90. The molecule has 9 heteroatoms. The molecule has 1 saturated heterocycles. The minimum Gasteiger partial charge on any atom is -0.339 e. The number of carbonyl (C=O) groups excluding carboxylic acids is 1. The number of rotatable bonds is 5. The number of hydrogen-bond acceptors (Lipinski definition) is 5. The van der Waals surface area contributed by atoms with E-state index < -0.39 is 5.54 Å². The van der Waals surface area contributed by atoms with Gasteiger partial charge in [0.15, 0.2) is 0 Å². The zero-order valence-electron chi connectivity index (χ0n) is 15.3. The predicted molar refractivity (Wildman–Crippen MR) is 110 cm³/mol. The molecule has 1 aliphatic heterocycles. The number of hydrogen-bond donors (Lipinski definition) is 2. The fourth-order valence-corrected chi connectivity index (χ4v) is 3.92. The Labute approximate surface area is 171 Å². The Kier molecular flexibility index (Phi) is 8.53. The Balaban J connectivity index is 0.00000169. The lowest BCUT2D eigenvalue weighted by Gasteiger charge is -2.27. The number of carbonyl (C=O) groups is 1. The Morgan fingerprint density at radius 3 is 2.85 bits per heavy atom. The molecule has 0 bridgehead atoms. The SMILES string of the molecule is CCC(C)(NC(=O)c1ccn(C2CCCNC2)n1)c1nc(C)cs1.Cl.Cl. The minimum atomic E-state index is -0.466. The molecule has 6 nitrogen and oxygen atoms in total. The van der Waals surface area contributed by atoms with Crippen LogP contribution in [0, 0.1) is 6.92 Å². The van der Waals surface area contributed by atoms with Crippen molar-refractivity contribution in [3.05, 3.63) is 34.0 Å². The molecule has 2 aromatic heterocycles. The van der Waals surface area contributed by atoms with Gasteiger partial charge in [-0.25, -0.2) is 4.98 Å². The second-order valence-electron chi connectivity index (χ2n) is 6.61. The molecule has 2 aromatic rings. The summed E-state index contributed by atoms with van der Waals surface area (Å²) in [7, 11) is 0. The lowest BCUT2D eigenvalue weighted by molar-refractivity contribution is 0.0895. The molecular weight excluding hydrogens is 393 g/mol. The molecule has 0 aromatic carbocycles. The van der Waals surface area contributed by atoms with Crippen molar-refractivity contribution in [3.8, 4) is 0 Å². The highest BCUT2D eigenvalue weighted by molar-refractivity contribution is 7.09. The normalized spacial score (nSPS) is 19.0. The van der Waals surface area contributed by atoms with Gasteiger partial charge in [-0.2, -0.15) is 5.10 Å². The Morgan fingerprint density at radius 1 is 1.50 bits per heavy atom. The molecule has 1 amide bonds. The highest BCUT2D eigenvalue weighted by Crippen LogP contribution is 2.28. The van der Waals surface area contributed by atoms with Gasteiger partial charge in [0.05, 0.1) is 11.6 Å². The van der Waals surface area contributed by atoms with Crippen molar-refractivity contribution >= 4 is 42.1 Å². The average molecular weight is 420 g/mol. The van der Waals surface area contributed by atoms with Crippen LogP contribution < -0.4 is 10.6 Å². The van der Waals surface area contributed by atoms with Crippen LogP contribution in [0.25, 0.3) is 0 Å². The van der Waals surface area contributed by atoms with Crippen LogP contribution in [-0.2, 0) is 5.54 Å². The van der Waals surface area contributed by atoms with Crippen molar-refractivity contribution in [2.24, 2.45) is 0 Å². The maximum absolute atomic E-state index is 12.7. The second kappa shape index (κ2) is 9.69. The maximum Gasteiger partial charge on any atom is 0.272 e. The number of amides is 1. The molecule has 1 fully saturated rings. The molecule has 1 aliphatic rings. The van der Waals surface area contributed by atoms with Crippen LogP contribution in [0.5, 0.6) is 0 Å². The van der Waals surface area contributed by atoms with Gasteiger partial charge in [0, 0.05) is 23.8 Å². The van der Waals surface area contributed by atoms with Gasteiger partial charge in [0.25, 0.3) is 5.91 Å². The largest absolute Gasteiger partial charge is 0.339 e. The van der Waals surface area contributed by atoms with E-state index in [1.165, 1.54) is 0 Å². The van der Waals surface area contributed by atoms with E-state index in [0.717, 1.165) is 43.1 Å². The molecule has 26 heavy (non-hydrogen) atoms. The summed E-state index contributed by atoms with van der Waals surface area (Å²) < 4.78 is 1.91. The molecule has 3 rings (SSSR count). The fraction of sp³-hybridized carbons (Fsp3) is 0.588. The quantitative estimate of drug-likeness (QED) is 0.777. The summed E-state index contributed by atoms with van der Waals surface area (Å²) in [6.45, 7) is 8.02. The van der Waals surface area contributed by atoms with Gasteiger partial charge in [-0.15, -0.1) is 36.2 Å². The number of nitrogens with zero attached hydrogens (tertiary/aromatic N) is 3. The maximum atomic E-state index is 12.7. The van der Waals surface area contributed by atoms with Crippen LogP contribution in [0.4, 0.5) is 0 Å². The van der Waals surface area contributed by atoms with E-state index >= 15 is 0 Å². The summed E-state index contributed by atoms with van der Waals surface area (Å²) in [6.07, 6.45) is 4.92. The Morgan fingerprint density at radius 2 is 2.27 bits per heavy atom. The van der Waals surface area contributed by atoms with Gasteiger partial charge in [0.1, 0.15) is 10.7 Å². The van der Waals surface area contributed by atoms with Crippen LogP contribution >= 0.6 is 36.2 Å². The zero-order chi connectivity index (χ0) is 17.2. The van der Waals surface area contributed by atoms with Crippen molar-refractivity contribution in [3.63, 3.8) is 0 Å². The molecule has 0 saturated carbocycles. The lowest BCUT2D eigenvalue weighted by Crippen LogP contribution is -2.43. The van der Waals surface area contributed by atoms with E-state index in [4.69, 9.17) is 0 Å². The molecule has 0 spiro atoms. The molecule has 0 aliphatic carbocycles. The molecule has 2 N–H and O–H groups in total. The third kappa shape index (κ3) is 4.97. The van der Waals surface area contributed by atoms with Gasteiger partial charge in [0.2, 0.25) is 0 Å². The van der Waals surface area contributed by atoms with E-state index in [2.05, 4.69) is 27.6 Å². The van der Waals surface area contributed by atoms with Crippen LogP contribution in [0.1, 0.15) is 60.3 Å². The van der Waals surface area contributed by atoms with Gasteiger partial charge in [-0.1, -0.05) is 6.92 Å². The minimum absolute atomic E-state index is 0. The van der Waals surface area contributed by atoms with Gasteiger partial charge in [-0.3, -0.25) is 9.48 Å². The molecular formula is C17H27Cl2N5OS. The van der Waals surface area contributed by atoms with Crippen molar-refractivity contribution < 1.29 is 4.79 Å². The molecule has 3 heterocycles. The standard InChI is InChI=1S/C17H25N5OS.2ClH/c1-4-17(3,16-19-12(2)11-24-16)20-15(23)14-7-9-22(21-14)13-6-5-8-18-10-13;;/h7,9,11,13,18H,4-6,8,10H2,1-3H3,(H,20,23);2*1H. The summed E-state index contributed by atoms with van der Waals surface area (Å²) in [5.41, 5.74) is 0.984. The van der Waals surface area contributed by atoms with E-state index in [9.17, 15) is 4.79 Å². The first-order chi connectivity index (χ1) is 11.5. The molecule has 0 radical (unpaired) electrons. The summed E-state index contributed by atoms with van der Waals surface area (Å²) in [5, 5.41) is 13.9. The Hall–Kier alpha value is -1.15. The number of nitrogens with one attached hydrogen (secondary N) is 2. The van der Waals surface area contributed by atoms with E-state index in [-0.39, 0.29) is 30.7 Å². The van der Waals surface area contributed by atoms with Crippen molar-refractivity contribution in [2.45, 2.75) is 51.6 Å². The van der Waals surface area contributed by atoms with Crippen LogP contribution in [-0.4, -0.2) is 33.8 Å². The second-order valence-corrected chi connectivity index (χ2v) is 7.47. The number of aromatic nitrogens is 3. The molecule has 2 atom stereocenters. The Bertz CT molecular complexity index is 714. The molecule has 146 valence electrons. The number of thiazole rings is 1. The first-order valence-electron chi connectivity index (χ1n) is 8.53. The van der Waals surface area contributed by atoms with Crippen molar-refractivity contribution in [1.29, 1.82) is 0 Å². The topological polar surface area (TPSA) is 71.8 Å². The lowest BCUT2D eigenvalue weighted by atomic mass is 9.99. The third-order valence-electron chi connectivity index (χ3n) is 4.67. The fourth-order valence-electron chi connectivity index (χ4n) is 2.94. The smallest absolute Gasteiger partial charge is 0.272 e. The summed E-state index contributed by atoms with van der Waals surface area (Å²) >= 11 is 1.59. The van der Waals surface area contributed by atoms with Gasteiger partial charge in [-0.05, 0) is 45.7 Å². The van der Waals surface area contributed by atoms with Crippen molar-refractivity contribution in [1.82, 2.24) is 25.4 Å². The van der Waals surface area contributed by atoms with Crippen molar-refractivity contribution in [2.75, 3.05) is 13.1 Å². The number of piperidine rings is 1. The zero-order valence-corrected chi connectivity index (χ0v) is 17.8. The summed E-state index contributed by atoms with van der Waals surface area (Å²) in [5.74, 6) is -0.144.